The molecule has 2 aromatic heterocycles. The zero-order valence-electron chi connectivity index (χ0n) is 39.3. The molecule has 0 aliphatic carbocycles. The number of benzene rings is 6. The van der Waals surface area contributed by atoms with Crippen LogP contribution in [-0.4, -0.2) is 62.7 Å². The van der Waals surface area contributed by atoms with Crippen molar-refractivity contribution in [3.63, 3.8) is 0 Å². The first-order valence-corrected chi connectivity index (χ1v) is 22.6. The summed E-state index contributed by atoms with van der Waals surface area (Å²) >= 11 is 16.0. The zero-order valence-corrected chi connectivity index (χ0v) is 41.6. The second-order valence-corrected chi connectivity index (χ2v) is 17.2. The SMILES string of the molecule is CC(c1ccc(O)c(N)c1)(c1ccc(O)c(N)c1)C(F)(F)F.Cc1nc(Nc2ccccc2)nc(Nc2cc(C(C)(c3ccc(O)c(C)c3)C(F)(F)F)ccc2O)n1.Clc1nc(Cl)nc(Cl)n1.Nc1ccccc1. The fourth-order valence-corrected chi connectivity index (χ4v) is 7.36. The Morgan fingerprint density at radius 3 is 1.22 bits per heavy atom. The third-order valence-corrected chi connectivity index (χ3v) is 11.6. The molecule has 2 heterocycles. The van der Waals surface area contributed by atoms with E-state index in [1.165, 1.54) is 43.3 Å². The van der Waals surface area contributed by atoms with E-state index >= 15 is 0 Å². The molecule has 0 saturated carbocycles. The van der Waals surface area contributed by atoms with E-state index < -0.39 is 23.2 Å². The topological polar surface area (TPSA) is 260 Å². The number of nitrogen functional groups attached to an aromatic ring is 3. The van der Waals surface area contributed by atoms with Gasteiger partial charge in [0.1, 0.15) is 39.7 Å². The molecular formula is C50H46Cl3F6N11O4. The normalized spacial score (nSPS) is 12.1. The predicted octanol–water partition coefficient (Wildman–Crippen LogP) is 12.5. The van der Waals surface area contributed by atoms with Gasteiger partial charge in [-0.15, -0.1) is 0 Å². The standard InChI is InChI=1S/C26H24F3N5O2.C15H15F3N2O2.C6H7N.C3Cl3N3/c1-15-13-17(9-11-21(15)35)25(3,26(27,28)29)18-10-12-22(36)20(14-18)33-24-31-16(2)30-23(34-24)32-19-7-5-4-6-8-19;1-14(15(16,17)18,8-2-4-12(21)10(19)6-8)9-3-5-13(22)11(20)7-9;7-6-4-2-1-3-5-6;4-1-7-2(5)9-3(6)8-1/h4-14,35-36H,1-3H3,(H2,30,31,32,33,34);2-7,21-22H,19-20H2,1H3;1-5H,7H2;. The molecule has 0 saturated heterocycles. The van der Waals surface area contributed by atoms with E-state index in [0.717, 1.165) is 61.6 Å². The summed E-state index contributed by atoms with van der Waals surface area (Å²) in [5.74, 6) is -0.324. The smallest absolute Gasteiger partial charge is 0.402 e. The largest absolute Gasteiger partial charge is 0.508 e. The molecule has 12 N–H and O–H groups in total. The number of aromatic hydroxyl groups is 4. The van der Waals surface area contributed by atoms with E-state index in [9.17, 15) is 46.8 Å². The highest BCUT2D eigenvalue weighted by atomic mass is 35.5. The Morgan fingerprint density at radius 2 is 0.824 bits per heavy atom. The predicted molar refractivity (Wildman–Crippen MR) is 274 cm³/mol. The van der Waals surface area contributed by atoms with Crippen molar-refractivity contribution >= 4 is 75.1 Å². The van der Waals surface area contributed by atoms with E-state index in [1.807, 2.05) is 60.7 Å². The number of alkyl halides is 6. The lowest BCUT2D eigenvalue weighted by Gasteiger charge is -2.34. The molecule has 0 amide bonds. The molecule has 0 aliphatic heterocycles. The van der Waals surface area contributed by atoms with Crippen LogP contribution in [0, 0.1) is 13.8 Å². The minimum atomic E-state index is -4.68. The molecule has 0 spiro atoms. The van der Waals surface area contributed by atoms with E-state index in [1.54, 1.807) is 6.92 Å². The fourth-order valence-electron chi connectivity index (χ4n) is 6.75. The van der Waals surface area contributed by atoms with E-state index in [-0.39, 0.29) is 90.1 Å². The number of anilines is 7. The maximum Gasteiger partial charge on any atom is 0.402 e. The lowest BCUT2D eigenvalue weighted by molar-refractivity contribution is -0.173. The maximum atomic E-state index is 14.5. The van der Waals surface area contributed by atoms with Crippen molar-refractivity contribution in [2.75, 3.05) is 27.8 Å². The van der Waals surface area contributed by atoms with Gasteiger partial charge in [-0.2, -0.15) is 56.2 Å². The van der Waals surface area contributed by atoms with Gasteiger partial charge in [0.05, 0.1) is 17.1 Å². The summed E-state index contributed by atoms with van der Waals surface area (Å²) in [5, 5.41) is 44.9. The van der Waals surface area contributed by atoms with Crippen LogP contribution in [0.4, 0.5) is 66.7 Å². The Hall–Kier alpha value is -8.01. The van der Waals surface area contributed by atoms with Gasteiger partial charge in [0.25, 0.3) is 0 Å². The van der Waals surface area contributed by atoms with Crippen molar-refractivity contribution in [3.05, 3.63) is 183 Å². The molecule has 1 unspecified atom stereocenters. The molecule has 0 aliphatic rings. The number of hydrogen-bond donors (Lipinski definition) is 9. The van der Waals surface area contributed by atoms with Crippen LogP contribution in [0.25, 0.3) is 0 Å². The number of aryl methyl sites for hydroxylation is 2. The molecule has 8 rings (SSSR count). The highest BCUT2D eigenvalue weighted by Crippen LogP contribution is 2.49. The molecule has 74 heavy (non-hydrogen) atoms. The Kier molecular flexibility index (Phi) is 18.2. The van der Waals surface area contributed by atoms with E-state index in [2.05, 4.69) is 40.5 Å². The second kappa shape index (κ2) is 23.7. The molecule has 8 aromatic rings. The lowest BCUT2D eigenvalue weighted by atomic mass is 9.75. The van der Waals surface area contributed by atoms with Gasteiger partial charge in [0.2, 0.25) is 27.7 Å². The number of nitrogens with zero attached hydrogens (tertiary/aromatic N) is 6. The summed E-state index contributed by atoms with van der Waals surface area (Å²) in [5.41, 5.74) is 12.7. The van der Waals surface area contributed by atoms with E-state index in [0.29, 0.717) is 11.4 Å². The average Bonchev–Trinajstić information content (AvgIpc) is 3.32. The first-order chi connectivity index (χ1) is 34.6. The van der Waals surface area contributed by atoms with E-state index in [4.69, 9.17) is 52.0 Å². The Bertz CT molecular complexity index is 3100. The minimum Gasteiger partial charge on any atom is -0.508 e. The minimum absolute atomic E-state index is 0.000000000000000444. The molecule has 388 valence electrons. The number of hydrogen-bond acceptors (Lipinski definition) is 15. The van der Waals surface area contributed by atoms with Gasteiger partial charge in [-0.25, -0.2) is 0 Å². The second-order valence-electron chi connectivity index (χ2n) is 16.2. The van der Waals surface area contributed by atoms with Crippen molar-refractivity contribution in [2.24, 2.45) is 0 Å². The molecule has 0 bridgehead atoms. The van der Waals surface area contributed by atoms with Gasteiger partial charge in [-0.05, 0) is 157 Å². The third-order valence-electron chi connectivity index (χ3n) is 11.1. The van der Waals surface area contributed by atoms with Crippen LogP contribution in [0.2, 0.25) is 15.9 Å². The van der Waals surface area contributed by atoms with Gasteiger partial charge in [-0.3, -0.25) is 0 Å². The van der Waals surface area contributed by atoms with Crippen LogP contribution in [0.5, 0.6) is 23.0 Å². The maximum absolute atomic E-state index is 14.5. The van der Waals surface area contributed by atoms with Crippen molar-refractivity contribution in [1.29, 1.82) is 0 Å². The lowest BCUT2D eigenvalue weighted by Crippen LogP contribution is -2.40. The van der Waals surface area contributed by atoms with Crippen LogP contribution in [0.1, 0.15) is 47.5 Å². The third kappa shape index (κ3) is 14.1. The van der Waals surface area contributed by atoms with Crippen LogP contribution in [-0.2, 0) is 10.8 Å². The first kappa shape index (κ1) is 56.9. The molecule has 15 nitrogen and oxygen atoms in total. The molecule has 0 fully saturated rings. The molecule has 0 radical (unpaired) electrons. The van der Waals surface area contributed by atoms with Gasteiger partial charge in [-0.1, -0.05) is 66.7 Å². The summed E-state index contributed by atoms with van der Waals surface area (Å²) in [4.78, 5) is 23.1. The van der Waals surface area contributed by atoms with Crippen molar-refractivity contribution in [1.82, 2.24) is 29.9 Å². The number of halogens is 9. The summed E-state index contributed by atoms with van der Waals surface area (Å²) in [7, 11) is 0. The number of nitrogens with one attached hydrogen (secondary N) is 2. The van der Waals surface area contributed by atoms with Crippen molar-refractivity contribution < 1.29 is 46.8 Å². The van der Waals surface area contributed by atoms with Crippen LogP contribution >= 0.6 is 34.8 Å². The monoisotopic (exact) mass is 1080 g/mol. The van der Waals surface area contributed by atoms with Gasteiger partial charge in [0.15, 0.2) is 0 Å². The number of rotatable bonds is 8. The quantitative estimate of drug-likeness (QED) is 0.0389. The number of nitrogens with two attached hydrogens (primary N) is 3. The van der Waals surface area contributed by atoms with Crippen LogP contribution in [0.15, 0.2) is 133 Å². The van der Waals surface area contributed by atoms with Gasteiger partial charge < -0.3 is 48.3 Å². The Morgan fingerprint density at radius 1 is 0.446 bits per heavy atom. The van der Waals surface area contributed by atoms with Crippen molar-refractivity contribution in [3.8, 4) is 23.0 Å². The van der Waals surface area contributed by atoms with Gasteiger partial charge in [0, 0.05) is 11.4 Å². The summed E-state index contributed by atoms with van der Waals surface area (Å²) in [6, 6.07) is 32.8. The molecule has 6 aromatic carbocycles. The molecular weight excluding hydrogens is 1040 g/mol. The van der Waals surface area contributed by atoms with Crippen molar-refractivity contribution in [2.45, 2.75) is 50.9 Å². The summed E-state index contributed by atoms with van der Waals surface area (Å²) in [6.07, 6.45) is -9.32. The number of phenols is 4. The molecule has 1 atom stereocenters. The number of para-hydroxylation sites is 2. The Balaban J connectivity index is 0.000000223. The summed E-state index contributed by atoms with van der Waals surface area (Å²) < 4.78 is 84.7. The number of phenolic OH excluding ortho intramolecular Hbond substituents is 4. The highest BCUT2D eigenvalue weighted by Gasteiger charge is 2.55. The zero-order chi connectivity index (χ0) is 54.8. The average molecular weight is 1090 g/mol. The first-order valence-electron chi connectivity index (χ1n) is 21.4. The Labute approximate surface area is 434 Å². The summed E-state index contributed by atoms with van der Waals surface area (Å²) in [6.45, 7) is 5.23. The van der Waals surface area contributed by atoms with Crippen LogP contribution in [0.3, 0.4) is 0 Å². The fraction of sp³-hybridized carbons (Fsp3) is 0.160. The van der Waals surface area contributed by atoms with Crippen LogP contribution < -0.4 is 27.8 Å². The van der Waals surface area contributed by atoms with Gasteiger partial charge >= 0.3 is 12.4 Å². The number of aromatic nitrogens is 6. The molecule has 24 heteroatoms. The highest BCUT2D eigenvalue weighted by molar-refractivity contribution is 6.33.